The zero-order chi connectivity index (χ0) is 10.1. The van der Waals surface area contributed by atoms with Gasteiger partial charge in [0, 0.05) is 0 Å². The van der Waals surface area contributed by atoms with E-state index in [-0.39, 0.29) is 0 Å². The average molecular weight is 215 g/mol. The molecule has 0 atom stereocenters. The van der Waals surface area contributed by atoms with Crippen LogP contribution in [-0.2, 0) is 0 Å². The highest BCUT2D eigenvalue weighted by molar-refractivity contribution is 6.70. The fraction of sp³-hybridized carbons (Fsp3) is 0.400. The lowest BCUT2D eigenvalue weighted by atomic mass is 10.2. The van der Waals surface area contributed by atoms with Gasteiger partial charge in [-0.25, -0.2) is 0 Å². The molecular formula is C10H15ClOSi. The number of aryl methyl sites for hydroxylation is 1. The van der Waals surface area contributed by atoms with Crippen LogP contribution < -0.4 is 4.43 Å². The van der Waals surface area contributed by atoms with Crippen LogP contribution in [0.2, 0.25) is 24.7 Å². The third-order valence-electron chi connectivity index (χ3n) is 1.50. The molecule has 0 aliphatic carbocycles. The predicted molar refractivity (Wildman–Crippen MR) is 60.2 cm³/mol. The van der Waals surface area contributed by atoms with Gasteiger partial charge in [-0.1, -0.05) is 17.7 Å². The molecule has 0 saturated heterocycles. The molecule has 13 heavy (non-hydrogen) atoms. The van der Waals surface area contributed by atoms with E-state index in [4.69, 9.17) is 16.0 Å². The van der Waals surface area contributed by atoms with Crippen molar-refractivity contribution in [2.24, 2.45) is 0 Å². The van der Waals surface area contributed by atoms with Crippen molar-refractivity contribution in [1.82, 2.24) is 0 Å². The van der Waals surface area contributed by atoms with Crippen LogP contribution in [-0.4, -0.2) is 8.32 Å². The Bertz CT molecular complexity index is 304. The van der Waals surface area contributed by atoms with E-state index in [1.165, 1.54) is 0 Å². The minimum atomic E-state index is -1.53. The summed E-state index contributed by atoms with van der Waals surface area (Å²) < 4.78 is 5.79. The van der Waals surface area contributed by atoms with Gasteiger partial charge in [-0.2, -0.15) is 0 Å². The first kappa shape index (κ1) is 10.6. The molecule has 0 spiro atoms. The molecular weight excluding hydrogens is 200 g/mol. The normalized spacial score (nSPS) is 11.5. The zero-order valence-corrected chi connectivity index (χ0v) is 10.3. The molecule has 0 unspecified atom stereocenters. The molecule has 3 heteroatoms. The van der Waals surface area contributed by atoms with Gasteiger partial charge in [0.05, 0.1) is 5.02 Å². The summed E-state index contributed by atoms with van der Waals surface area (Å²) in [6, 6.07) is 5.88. The highest BCUT2D eigenvalue weighted by Crippen LogP contribution is 2.27. The van der Waals surface area contributed by atoms with E-state index < -0.39 is 8.32 Å². The molecule has 1 aromatic carbocycles. The fourth-order valence-corrected chi connectivity index (χ4v) is 2.19. The second-order valence-electron chi connectivity index (χ2n) is 4.15. The third-order valence-corrected chi connectivity index (χ3v) is 2.63. The van der Waals surface area contributed by atoms with Crippen molar-refractivity contribution < 1.29 is 4.43 Å². The predicted octanol–water partition coefficient (Wildman–Crippen LogP) is 3.86. The molecule has 0 amide bonds. The number of rotatable bonds is 2. The Morgan fingerprint density at radius 2 is 1.85 bits per heavy atom. The molecule has 0 bridgehead atoms. The zero-order valence-electron chi connectivity index (χ0n) is 8.52. The summed E-state index contributed by atoms with van der Waals surface area (Å²) in [6.07, 6.45) is 0. The largest absolute Gasteiger partial charge is 0.543 e. The van der Waals surface area contributed by atoms with E-state index in [1.54, 1.807) is 0 Å². The molecule has 1 nitrogen and oxygen atoms in total. The molecule has 1 rings (SSSR count). The maximum atomic E-state index is 6.03. The van der Waals surface area contributed by atoms with Crippen LogP contribution in [0.4, 0.5) is 0 Å². The molecule has 0 aliphatic rings. The minimum Gasteiger partial charge on any atom is -0.543 e. The SMILES string of the molecule is Cc1ccc(O[Si](C)(C)C)c(Cl)c1. The van der Waals surface area contributed by atoms with Crippen molar-refractivity contribution in [3.05, 3.63) is 28.8 Å². The number of hydrogen-bond donors (Lipinski definition) is 0. The first-order valence-electron chi connectivity index (χ1n) is 4.34. The lowest BCUT2D eigenvalue weighted by Gasteiger charge is -2.20. The van der Waals surface area contributed by atoms with E-state index in [2.05, 4.69) is 19.6 Å². The summed E-state index contributed by atoms with van der Waals surface area (Å²) >= 11 is 6.03. The monoisotopic (exact) mass is 214 g/mol. The van der Waals surface area contributed by atoms with E-state index in [0.717, 1.165) is 11.3 Å². The maximum absolute atomic E-state index is 6.03. The summed E-state index contributed by atoms with van der Waals surface area (Å²) in [4.78, 5) is 0. The minimum absolute atomic E-state index is 0.711. The van der Waals surface area contributed by atoms with Crippen LogP contribution in [0.15, 0.2) is 18.2 Å². The van der Waals surface area contributed by atoms with Crippen LogP contribution in [0.1, 0.15) is 5.56 Å². The van der Waals surface area contributed by atoms with Crippen LogP contribution in [0.25, 0.3) is 0 Å². The van der Waals surface area contributed by atoms with Gasteiger partial charge in [-0.15, -0.1) is 0 Å². The fourth-order valence-electron chi connectivity index (χ4n) is 1.02. The second-order valence-corrected chi connectivity index (χ2v) is 8.98. The van der Waals surface area contributed by atoms with Gasteiger partial charge >= 0.3 is 0 Å². The second kappa shape index (κ2) is 3.72. The lowest BCUT2D eigenvalue weighted by Crippen LogP contribution is -2.29. The molecule has 0 aliphatic heterocycles. The van der Waals surface area contributed by atoms with Gasteiger partial charge in [-0.05, 0) is 44.3 Å². The van der Waals surface area contributed by atoms with Crippen LogP contribution in [0.3, 0.4) is 0 Å². The highest BCUT2D eigenvalue weighted by atomic mass is 35.5. The van der Waals surface area contributed by atoms with Gasteiger partial charge in [0.1, 0.15) is 5.75 Å². The Labute approximate surface area is 85.8 Å². The summed E-state index contributed by atoms with van der Waals surface area (Å²) in [5, 5.41) is 0.711. The molecule has 72 valence electrons. The summed E-state index contributed by atoms with van der Waals surface area (Å²) in [7, 11) is -1.53. The molecule has 0 heterocycles. The lowest BCUT2D eigenvalue weighted by molar-refractivity contribution is 0.558. The quantitative estimate of drug-likeness (QED) is 0.680. The van der Waals surface area contributed by atoms with Gasteiger partial charge in [0.15, 0.2) is 0 Å². The molecule has 1 aromatic rings. The maximum Gasteiger partial charge on any atom is 0.242 e. The third kappa shape index (κ3) is 3.41. The first-order chi connectivity index (χ1) is 5.88. The molecule has 0 saturated carbocycles. The van der Waals surface area contributed by atoms with Gasteiger partial charge in [-0.3, -0.25) is 0 Å². The number of hydrogen-bond acceptors (Lipinski definition) is 1. The number of benzene rings is 1. The average Bonchev–Trinajstić information content (AvgIpc) is 1.93. The first-order valence-corrected chi connectivity index (χ1v) is 8.12. The van der Waals surface area contributed by atoms with E-state index in [9.17, 15) is 0 Å². The Balaban J connectivity index is 2.90. The summed E-state index contributed by atoms with van der Waals surface area (Å²) in [6.45, 7) is 8.44. The van der Waals surface area contributed by atoms with Gasteiger partial charge in [0.2, 0.25) is 8.32 Å². The Hall–Kier alpha value is -0.473. The van der Waals surface area contributed by atoms with Crippen LogP contribution in [0.5, 0.6) is 5.75 Å². The Morgan fingerprint density at radius 3 is 2.31 bits per heavy atom. The molecule has 0 N–H and O–H groups in total. The number of halogens is 1. The van der Waals surface area contributed by atoms with Crippen molar-refractivity contribution >= 4 is 19.9 Å². The topological polar surface area (TPSA) is 9.23 Å². The van der Waals surface area contributed by atoms with Crippen molar-refractivity contribution in [2.75, 3.05) is 0 Å². The van der Waals surface area contributed by atoms with E-state index in [1.807, 2.05) is 25.1 Å². The van der Waals surface area contributed by atoms with Crippen LogP contribution >= 0.6 is 11.6 Å². The van der Waals surface area contributed by atoms with Crippen molar-refractivity contribution in [3.8, 4) is 5.75 Å². The smallest absolute Gasteiger partial charge is 0.242 e. The molecule has 0 aromatic heterocycles. The highest BCUT2D eigenvalue weighted by Gasteiger charge is 2.17. The molecule has 0 radical (unpaired) electrons. The van der Waals surface area contributed by atoms with Crippen molar-refractivity contribution in [1.29, 1.82) is 0 Å². The van der Waals surface area contributed by atoms with Gasteiger partial charge in [0.25, 0.3) is 0 Å². The van der Waals surface area contributed by atoms with Crippen LogP contribution in [0, 0.1) is 6.92 Å². The summed E-state index contributed by atoms with van der Waals surface area (Å²) in [5.74, 6) is 0.812. The molecule has 0 fully saturated rings. The van der Waals surface area contributed by atoms with Crippen molar-refractivity contribution in [2.45, 2.75) is 26.6 Å². The van der Waals surface area contributed by atoms with Crippen molar-refractivity contribution in [3.63, 3.8) is 0 Å². The standard InChI is InChI=1S/C10H15ClOSi/c1-8-5-6-10(9(11)7-8)12-13(2,3)4/h5-7H,1-4H3. The Kier molecular flexibility index (Phi) is 3.04. The van der Waals surface area contributed by atoms with E-state index >= 15 is 0 Å². The van der Waals surface area contributed by atoms with Gasteiger partial charge < -0.3 is 4.43 Å². The Morgan fingerprint density at radius 1 is 1.23 bits per heavy atom. The summed E-state index contributed by atoms with van der Waals surface area (Å²) in [5.41, 5.74) is 1.16. The van der Waals surface area contributed by atoms with E-state index in [0.29, 0.717) is 5.02 Å².